The van der Waals surface area contributed by atoms with Crippen LogP contribution in [0.1, 0.15) is 11.3 Å². The molecule has 0 saturated heterocycles. The van der Waals surface area contributed by atoms with E-state index in [1.807, 2.05) is 54.6 Å². The molecule has 0 unspecified atom stereocenters. The summed E-state index contributed by atoms with van der Waals surface area (Å²) in [5, 5.41) is 3.99. The number of rotatable bonds is 7. The van der Waals surface area contributed by atoms with E-state index < -0.39 is 10.0 Å². The lowest BCUT2D eigenvalue weighted by molar-refractivity contribution is 0.423. The normalized spacial score (nSPS) is 11.5. The van der Waals surface area contributed by atoms with Crippen molar-refractivity contribution in [2.75, 3.05) is 6.54 Å². The Morgan fingerprint density at radius 3 is 2.33 bits per heavy atom. The van der Waals surface area contributed by atoms with Gasteiger partial charge in [-0.2, -0.15) is 0 Å². The topological polar surface area (TPSA) is 72.2 Å². The maximum atomic E-state index is 12.1. The Hall–Kier alpha value is -2.44. The SMILES string of the molecule is O=S(=O)(Cc1ccccc1)NCCc1cc(-c2ccccc2)on1. The third kappa shape index (κ3) is 4.53. The molecular formula is C18H18N2O3S. The predicted molar refractivity (Wildman–Crippen MR) is 92.7 cm³/mol. The highest BCUT2D eigenvalue weighted by molar-refractivity contribution is 7.88. The van der Waals surface area contributed by atoms with E-state index in [1.165, 1.54) is 0 Å². The van der Waals surface area contributed by atoms with Crippen LogP contribution in [0.2, 0.25) is 0 Å². The number of nitrogens with zero attached hydrogens (tertiary/aromatic N) is 1. The first-order valence-electron chi connectivity index (χ1n) is 7.65. The van der Waals surface area contributed by atoms with Crippen molar-refractivity contribution >= 4 is 10.0 Å². The van der Waals surface area contributed by atoms with Gasteiger partial charge >= 0.3 is 0 Å². The maximum absolute atomic E-state index is 12.1. The molecule has 0 aliphatic carbocycles. The van der Waals surface area contributed by atoms with Crippen molar-refractivity contribution in [1.29, 1.82) is 0 Å². The van der Waals surface area contributed by atoms with Crippen molar-refractivity contribution in [1.82, 2.24) is 9.88 Å². The minimum atomic E-state index is -3.36. The molecule has 0 fully saturated rings. The molecule has 3 aromatic rings. The molecule has 124 valence electrons. The largest absolute Gasteiger partial charge is 0.356 e. The van der Waals surface area contributed by atoms with Crippen molar-refractivity contribution in [3.8, 4) is 11.3 Å². The van der Waals surface area contributed by atoms with Gasteiger partial charge in [-0.15, -0.1) is 0 Å². The van der Waals surface area contributed by atoms with E-state index in [4.69, 9.17) is 4.52 Å². The molecule has 0 saturated carbocycles. The van der Waals surface area contributed by atoms with Gasteiger partial charge in [-0.1, -0.05) is 65.8 Å². The lowest BCUT2D eigenvalue weighted by atomic mass is 10.1. The molecule has 0 radical (unpaired) electrons. The quantitative estimate of drug-likeness (QED) is 0.716. The van der Waals surface area contributed by atoms with Crippen molar-refractivity contribution in [2.24, 2.45) is 0 Å². The highest BCUT2D eigenvalue weighted by Crippen LogP contribution is 2.19. The lowest BCUT2D eigenvalue weighted by Crippen LogP contribution is -2.27. The van der Waals surface area contributed by atoms with E-state index in [1.54, 1.807) is 12.1 Å². The minimum Gasteiger partial charge on any atom is -0.356 e. The summed E-state index contributed by atoms with van der Waals surface area (Å²) in [7, 11) is -3.36. The number of nitrogens with one attached hydrogen (secondary N) is 1. The predicted octanol–water partition coefficient (Wildman–Crippen LogP) is 3.00. The van der Waals surface area contributed by atoms with Crippen LogP contribution in [0.4, 0.5) is 0 Å². The number of hydrogen-bond acceptors (Lipinski definition) is 4. The van der Waals surface area contributed by atoms with Crippen molar-refractivity contribution < 1.29 is 12.9 Å². The van der Waals surface area contributed by atoms with Crippen LogP contribution in [0.3, 0.4) is 0 Å². The van der Waals surface area contributed by atoms with E-state index >= 15 is 0 Å². The Morgan fingerprint density at radius 1 is 0.958 bits per heavy atom. The van der Waals surface area contributed by atoms with Crippen LogP contribution < -0.4 is 4.72 Å². The van der Waals surface area contributed by atoms with Crippen LogP contribution in [-0.4, -0.2) is 20.1 Å². The van der Waals surface area contributed by atoms with Crippen LogP contribution >= 0.6 is 0 Å². The first-order valence-corrected chi connectivity index (χ1v) is 9.30. The molecule has 1 aromatic heterocycles. The standard InChI is InChI=1S/C18H18N2O3S/c21-24(22,14-15-7-3-1-4-8-15)19-12-11-17-13-18(23-20-17)16-9-5-2-6-10-16/h1-10,13,19H,11-12,14H2. The van der Waals surface area contributed by atoms with Crippen LogP contribution in [-0.2, 0) is 22.2 Å². The third-order valence-electron chi connectivity index (χ3n) is 3.52. The second-order valence-electron chi connectivity index (χ2n) is 5.44. The van der Waals surface area contributed by atoms with Gasteiger partial charge in [0.2, 0.25) is 10.0 Å². The monoisotopic (exact) mass is 342 g/mol. The molecular weight excluding hydrogens is 324 g/mol. The molecule has 6 heteroatoms. The summed E-state index contributed by atoms with van der Waals surface area (Å²) >= 11 is 0. The molecule has 5 nitrogen and oxygen atoms in total. The first-order chi connectivity index (χ1) is 11.6. The first kappa shape index (κ1) is 16.4. The summed E-state index contributed by atoms with van der Waals surface area (Å²) in [4.78, 5) is 0. The average molecular weight is 342 g/mol. The highest BCUT2D eigenvalue weighted by Gasteiger charge is 2.12. The molecule has 0 bridgehead atoms. The Labute approximate surface area is 141 Å². The van der Waals surface area contributed by atoms with Gasteiger partial charge in [0, 0.05) is 24.6 Å². The second kappa shape index (κ2) is 7.42. The highest BCUT2D eigenvalue weighted by atomic mass is 32.2. The fraction of sp³-hybridized carbons (Fsp3) is 0.167. The maximum Gasteiger partial charge on any atom is 0.215 e. The van der Waals surface area contributed by atoms with Gasteiger partial charge in [-0.3, -0.25) is 0 Å². The summed E-state index contributed by atoms with van der Waals surface area (Å²) in [6, 6.07) is 20.6. The molecule has 0 amide bonds. The summed E-state index contributed by atoms with van der Waals surface area (Å²) < 4.78 is 32.0. The number of hydrogen-bond donors (Lipinski definition) is 1. The molecule has 2 aromatic carbocycles. The summed E-state index contributed by atoms with van der Waals surface area (Å²) in [6.45, 7) is 0.288. The fourth-order valence-corrected chi connectivity index (χ4v) is 3.49. The van der Waals surface area contributed by atoms with Gasteiger partial charge in [-0.25, -0.2) is 13.1 Å². The van der Waals surface area contributed by atoms with E-state index in [0.29, 0.717) is 12.2 Å². The molecule has 0 atom stereocenters. The Morgan fingerprint density at radius 2 is 1.62 bits per heavy atom. The summed E-state index contributed by atoms with van der Waals surface area (Å²) in [5.41, 5.74) is 2.43. The van der Waals surface area contributed by atoms with Gasteiger partial charge in [0.05, 0.1) is 11.4 Å². The van der Waals surface area contributed by atoms with E-state index in [2.05, 4.69) is 9.88 Å². The zero-order valence-corrected chi connectivity index (χ0v) is 13.9. The van der Waals surface area contributed by atoms with Crippen molar-refractivity contribution in [3.05, 3.63) is 78.0 Å². The molecule has 0 aliphatic heterocycles. The molecule has 1 heterocycles. The van der Waals surface area contributed by atoms with Crippen LogP contribution in [0, 0.1) is 0 Å². The third-order valence-corrected chi connectivity index (χ3v) is 4.88. The van der Waals surface area contributed by atoms with E-state index in [-0.39, 0.29) is 12.3 Å². The second-order valence-corrected chi connectivity index (χ2v) is 7.24. The zero-order chi connectivity index (χ0) is 16.8. The van der Waals surface area contributed by atoms with E-state index in [9.17, 15) is 8.42 Å². The van der Waals surface area contributed by atoms with Gasteiger partial charge in [0.15, 0.2) is 5.76 Å². The van der Waals surface area contributed by atoms with Crippen LogP contribution in [0.5, 0.6) is 0 Å². The molecule has 3 rings (SSSR count). The summed E-state index contributed by atoms with van der Waals surface area (Å²) in [5.74, 6) is 0.653. The molecule has 24 heavy (non-hydrogen) atoms. The van der Waals surface area contributed by atoms with Gasteiger partial charge < -0.3 is 4.52 Å². The number of sulfonamides is 1. The lowest BCUT2D eigenvalue weighted by Gasteiger charge is -2.05. The fourth-order valence-electron chi connectivity index (χ4n) is 2.35. The molecule has 1 N–H and O–H groups in total. The van der Waals surface area contributed by atoms with Crippen molar-refractivity contribution in [3.63, 3.8) is 0 Å². The van der Waals surface area contributed by atoms with Gasteiger partial charge in [-0.05, 0) is 5.56 Å². The number of aromatic nitrogens is 1. The Balaban J connectivity index is 1.54. The average Bonchev–Trinajstić information content (AvgIpc) is 3.05. The summed E-state index contributed by atoms with van der Waals surface area (Å²) in [6.07, 6.45) is 0.477. The van der Waals surface area contributed by atoms with Gasteiger partial charge in [0.1, 0.15) is 0 Å². The van der Waals surface area contributed by atoms with Crippen LogP contribution in [0.15, 0.2) is 71.3 Å². The molecule has 0 aliphatic rings. The smallest absolute Gasteiger partial charge is 0.215 e. The van der Waals surface area contributed by atoms with Crippen LogP contribution in [0.25, 0.3) is 11.3 Å². The Bertz CT molecular complexity index is 875. The van der Waals surface area contributed by atoms with Crippen molar-refractivity contribution in [2.45, 2.75) is 12.2 Å². The van der Waals surface area contributed by atoms with E-state index in [0.717, 1.165) is 16.8 Å². The van der Waals surface area contributed by atoms with Gasteiger partial charge in [0.25, 0.3) is 0 Å². The minimum absolute atomic E-state index is 0.0259. The molecule has 0 spiro atoms. The zero-order valence-electron chi connectivity index (χ0n) is 13.1. The number of benzene rings is 2. The Kier molecular flexibility index (Phi) is 5.08.